The van der Waals surface area contributed by atoms with Crippen LogP contribution >= 0.6 is 11.3 Å². The molecule has 0 atom stereocenters. The lowest BCUT2D eigenvalue weighted by Gasteiger charge is -2.15. The van der Waals surface area contributed by atoms with E-state index in [1.54, 1.807) is 36.6 Å². The molecule has 3 aromatic rings. The van der Waals surface area contributed by atoms with Crippen molar-refractivity contribution in [3.05, 3.63) is 62.5 Å². The molecule has 0 radical (unpaired) electrons. The number of H-pyrrole nitrogens is 1. The van der Waals surface area contributed by atoms with Crippen molar-refractivity contribution in [3.63, 3.8) is 0 Å². The number of hydrogen-bond donors (Lipinski definition) is 1. The fourth-order valence-electron chi connectivity index (χ4n) is 2.32. The topological polar surface area (TPSA) is 79.2 Å². The second-order valence-corrected chi connectivity index (χ2v) is 6.28. The van der Waals surface area contributed by atoms with Crippen molar-refractivity contribution in [1.29, 1.82) is 0 Å². The van der Waals surface area contributed by atoms with Gasteiger partial charge in [-0.25, -0.2) is 4.98 Å². The van der Waals surface area contributed by atoms with E-state index in [1.165, 1.54) is 17.2 Å². The summed E-state index contributed by atoms with van der Waals surface area (Å²) in [6.45, 7) is 2.41. The molecule has 0 aromatic carbocycles. The third-order valence-electron chi connectivity index (χ3n) is 3.57. The molecule has 3 heterocycles. The van der Waals surface area contributed by atoms with Crippen LogP contribution in [0.1, 0.15) is 28.0 Å². The molecule has 1 N–H and O–H groups in total. The van der Waals surface area contributed by atoms with Gasteiger partial charge < -0.3 is 14.3 Å². The van der Waals surface area contributed by atoms with Gasteiger partial charge in [0.15, 0.2) is 0 Å². The van der Waals surface area contributed by atoms with Gasteiger partial charge in [0.1, 0.15) is 11.3 Å². The predicted octanol–water partition coefficient (Wildman–Crippen LogP) is 2.93. The van der Waals surface area contributed by atoms with Crippen LogP contribution in [0.2, 0.25) is 0 Å². The van der Waals surface area contributed by atoms with E-state index in [0.717, 1.165) is 17.1 Å². The minimum absolute atomic E-state index is 0.0961. The first-order valence-electron chi connectivity index (χ1n) is 7.54. The van der Waals surface area contributed by atoms with Crippen molar-refractivity contribution in [2.45, 2.75) is 19.9 Å². The van der Waals surface area contributed by atoms with Crippen LogP contribution in [-0.2, 0) is 13.0 Å². The van der Waals surface area contributed by atoms with Gasteiger partial charge in [-0.05, 0) is 30.7 Å². The number of aryl methyl sites for hydroxylation is 1. The largest absolute Gasteiger partial charge is 0.463 e. The molecular weight excluding hydrogens is 326 g/mol. The van der Waals surface area contributed by atoms with E-state index in [4.69, 9.17) is 4.42 Å². The molecule has 0 aliphatic heterocycles. The van der Waals surface area contributed by atoms with Crippen LogP contribution in [0.3, 0.4) is 0 Å². The summed E-state index contributed by atoms with van der Waals surface area (Å²) in [7, 11) is 1.66. The molecule has 1 amide bonds. The van der Waals surface area contributed by atoms with E-state index >= 15 is 0 Å². The summed E-state index contributed by atoms with van der Waals surface area (Å²) in [5.41, 5.74) is 1.03. The third-order valence-corrected chi connectivity index (χ3v) is 4.62. The summed E-state index contributed by atoms with van der Waals surface area (Å²) in [4.78, 5) is 33.3. The number of rotatable bonds is 5. The number of hydrogen-bond acceptors (Lipinski definition) is 5. The maximum Gasteiger partial charge on any atom is 0.261 e. The Morgan fingerprint density at radius 2 is 2.21 bits per heavy atom. The standard InChI is InChI=1S/C17H17N3O3S/c1-3-15-18-11(10-24-15)9-20(2)17(22)12-6-7-13(19-16(12)21)14-5-4-8-23-14/h4-8,10H,3,9H2,1-2H3,(H,19,21). The van der Waals surface area contributed by atoms with Crippen molar-refractivity contribution in [1.82, 2.24) is 14.9 Å². The van der Waals surface area contributed by atoms with Gasteiger partial charge in [-0.15, -0.1) is 11.3 Å². The molecule has 0 spiro atoms. The highest BCUT2D eigenvalue weighted by atomic mass is 32.1. The van der Waals surface area contributed by atoms with E-state index in [0.29, 0.717) is 18.0 Å². The van der Waals surface area contributed by atoms with Gasteiger partial charge in [0.05, 0.1) is 29.2 Å². The van der Waals surface area contributed by atoms with E-state index < -0.39 is 5.56 Å². The van der Waals surface area contributed by atoms with Gasteiger partial charge >= 0.3 is 0 Å². The number of aromatic amines is 1. The van der Waals surface area contributed by atoms with Crippen LogP contribution in [0.5, 0.6) is 0 Å². The van der Waals surface area contributed by atoms with Crippen LogP contribution < -0.4 is 5.56 Å². The van der Waals surface area contributed by atoms with Crippen LogP contribution in [0, 0.1) is 0 Å². The monoisotopic (exact) mass is 343 g/mol. The lowest BCUT2D eigenvalue weighted by molar-refractivity contribution is 0.0782. The lowest BCUT2D eigenvalue weighted by Crippen LogP contribution is -2.31. The van der Waals surface area contributed by atoms with Gasteiger partial charge in [0, 0.05) is 12.4 Å². The lowest BCUT2D eigenvalue weighted by atomic mass is 10.2. The highest BCUT2D eigenvalue weighted by molar-refractivity contribution is 7.09. The van der Waals surface area contributed by atoms with Crippen molar-refractivity contribution in [3.8, 4) is 11.5 Å². The molecule has 0 aliphatic rings. The Hall–Kier alpha value is -2.67. The number of nitrogens with zero attached hydrogens (tertiary/aromatic N) is 2. The minimum atomic E-state index is -0.437. The average molecular weight is 343 g/mol. The summed E-state index contributed by atoms with van der Waals surface area (Å²) in [6.07, 6.45) is 2.40. The molecule has 0 bridgehead atoms. The van der Waals surface area contributed by atoms with E-state index in [-0.39, 0.29) is 11.5 Å². The molecule has 124 valence electrons. The molecule has 0 aliphatic carbocycles. The molecular formula is C17H17N3O3S. The summed E-state index contributed by atoms with van der Waals surface area (Å²) < 4.78 is 5.24. The fourth-order valence-corrected chi connectivity index (χ4v) is 3.06. The quantitative estimate of drug-likeness (QED) is 0.772. The Morgan fingerprint density at radius 1 is 1.38 bits per heavy atom. The number of carbonyl (C=O) groups excluding carboxylic acids is 1. The van der Waals surface area contributed by atoms with Crippen LogP contribution in [-0.4, -0.2) is 27.8 Å². The second-order valence-electron chi connectivity index (χ2n) is 5.34. The molecule has 0 saturated heterocycles. The van der Waals surface area contributed by atoms with Crippen molar-refractivity contribution >= 4 is 17.2 Å². The first-order chi connectivity index (χ1) is 11.6. The van der Waals surface area contributed by atoms with Crippen molar-refractivity contribution < 1.29 is 9.21 Å². The normalized spacial score (nSPS) is 10.8. The van der Waals surface area contributed by atoms with Crippen molar-refractivity contribution in [2.75, 3.05) is 7.05 Å². The van der Waals surface area contributed by atoms with Crippen LogP contribution in [0.25, 0.3) is 11.5 Å². The molecule has 0 unspecified atom stereocenters. The van der Waals surface area contributed by atoms with Gasteiger partial charge in [-0.2, -0.15) is 0 Å². The zero-order valence-electron chi connectivity index (χ0n) is 13.4. The van der Waals surface area contributed by atoms with Gasteiger partial charge in [-0.3, -0.25) is 9.59 Å². The Bertz CT molecular complexity index is 896. The van der Waals surface area contributed by atoms with Gasteiger partial charge in [-0.1, -0.05) is 6.92 Å². The summed E-state index contributed by atoms with van der Waals surface area (Å²) >= 11 is 1.58. The highest BCUT2D eigenvalue weighted by Crippen LogP contribution is 2.16. The fraction of sp³-hybridized carbons (Fsp3) is 0.235. The Labute approximate surface area is 142 Å². The first kappa shape index (κ1) is 16.2. The zero-order chi connectivity index (χ0) is 17.1. The molecule has 24 heavy (non-hydrogen) atoms. The summed E-state index contributed by atoms with van der Waals surface area (Å²) in [5.74, 6) is 0.210. The number of thiazole rings is 1. The molecule has 0 fully saturated rings. The van der Waals surface area contributed by atoms with Gasteiger partial charge in [0.25, 0.3) is 11.5 Å². The molecule has 7 heteroatoms. The number of amides is 1. The molecule has 6 nitrogen and oxygen atoms in total. The van der Waals surface area contributed by atoms with Crippen molar-refractivity contribution in [2.24, 2.45) is 0 Å². The highest BCUT2D eigenvalue weighted by Gasteiger charge is 2.17. The predicted molar refractivity (Wildman–Crippen MR) is 92.1 cm³/mol. The smallest absolute Gasteiger partial charge is 0.261 e. The maximum atomic E-state index is 12.5. The summed E-state index contributed by atoms with van der Waals surface area (Å²) in [6, 6.07) is 6.67. The van der Waals surface area contributed by atoms with Crippen LogP contribution in [0.15, 0.2) is 45.1 Å². The third kappa shape index (κ3) is 3.30. The number of aromatic nitrogens is 2. The maximum absolute atomic E-state index is 12.5. The second kappa shape index (κ2) is 6.84. The first-order valence-corrected chi connectivity index (χ1v) is 8.42. The number of nitrogens with one attached hydrogen (secondary N) is 1. The van der Waals surface area contributed by atoms with E-state index in [2.05, 4.69) is 9.97 Å². The number of pyridine rings is 1. The van der Waals surface area contributed by atoms with Gasteiger partial charge in [0.2, 0.25) is 0 Å². The number of carbonyl (C=O) groups is 1. The number of furan rings is 1. The summed E-state index contributed by atoms with van der Waals surface area (Å²) in [5, 5.41) is 2.97. The van der Waals surface area contributed by atoms with E-state index in [1.807, 2.05) is 12.3 Å². The Kier molecular flexibility index (Phi) is 4.61. The SMILES string of the molecule is CCc1nc(CN(C)C(=O)c2ccc(-c3ccco3)[nH]c2=O)cs1. The average Bonchev–Trinajstić information content (AvgIpc) is 3.25. The molecule has 3 aromatic heterocycles. The van der Waals surface area contributed by atoms with Crippen LogP contribution in [0.4, 0.5) is 0 Å². The van der Waals surface area contributed by atoms with E-state index in [9.17, 15) is 9.59 Å². The Balaban J connectivity index is 1.77. The zero-order valence-corrected chi connectivity index (χ0v) is 14.2. The minimum Gasteiger partial charge on any atom is -0.463 e. The Morgan fingerprint density at radius 3 is 2.83 bits per heavy atom. The molecule has 0 saturated carbocycles. The molecule has 3 rings (SSSR count).